The number of carbonyl (C=O) groups excluding carboxylic acids is 2. The highest BCUT2D eigenvalue weighted by Crippen LogP contribution is 2.16. The molecule has 2 rings (SSSR count). The maximum atomic E-state index is 12.8. The van der Waals surface area contributed by atoms with E-state index in [2.05, 4.69) is 17.4 Å². The summed E-state index contributed by atoms with van der Waals surface area (Å²) < 4.78 is 0. The number of thioether (sulfide) groups is 1. The van der Waals surface area contributed by atoms with Gasteiger partial charge in [-0.15, -0.1) is 0 Å². The van der Waals surface area contributed by atoms with Gasteiger partial charge in [0.25, 0.3) is 0 Å². The number of benzene rings is 2. The van der Waals surface area contributed by atoms with Crippen LogP contribution in [0.2, 0.25) is 0 Å². The Morgan fingerprint density at radius 3 is 2.33 bits per heavy atom. The first kappa shape index (κ1) is 21.0. The zero-order valence-corrected chi connectivity index (χ0v) is 17.1. The van der Waals surface area contributed by atoms with E-state index in [-0.39, 0.29) is 11.8 Å². The van der Waals surface area contributed by atoms with Crippen LogP contribution in [-0.2, 0) is 21.9 Å². The Morgan fingerprint density at radius 2 is 1.70 bits per heavy atom. The van der Waals surface area contributed by atoms with Crippen LogP contribution in [0.5, 0.6) is 0 Å². The van der Waals surface area contributed by atoms with Crippen LogP contribution >= 0.6 is 11.8 Å². The molecule has 144 valence electrons. The van der Waals surface area contributed by atoms with Gasteiger partial charge in [0.05, 0.1) is 0 Å². The largest absolute Gasteiger partial charge is 0.357 e. The minimum absolute atomic E-state index is 0.00670. The summed E-state index contributed by atoms with van der Waals surface area (Å²) in [5, 5.41) is 2.65. The van der Waals surface area contributed by atoms with E-state index in [0.29, 0.717) is 13.0 Å². The molecule has 1 unspecified atom stereocenters. The van der Waals surface area contributed by atoms with Gasteiger partial charge in [0.15, 0.2) is 0 Å². The van der Waals surface area contributed by atoms with Gasteiger partial charge < -0.3 is 10.2 Å². The molecule has 2 aromatic rings. The molecule has 0 heterocycles. The molecule has 0 saturated heterocycles. The van der Waals surface area contributed by atoms with Crippen molar-refractivity contribution in [3.8, 4) is 0 Å². The van der Waals surface area contributed by atoms with Gasteiger partial charge in [0.1, 0.15) is 6.04 Å². The lowest BCUT2D eigenvalue weighted by atomic mass is 10.1. The molecule has 0 spiro atoms. The number of nitrogens with zero attached hydrogens (tertiary/aromatic N) is 1. The summed E-state index contributed by atoms with van der Waals surface area (Å²) >= 11 is 1.74. The highest BCUT2D eigenvalue weighted by atomic mass is 32.2. The third kappa shape index (κ3) is 6.75. The normalized spacial score (nSPS) is 11.7. The first-order valence-electron chi connectivity index (χ1n) is 9.19. The fraction of sp³-hybridized carbons (Fsp3) is 0.364. The van der Waals surface area contributed by atoms with Crippen LogP contribution in [0.3, 0.4) is 0 Å². The summed E-state index contributed by atoms with van der Waals surface area (Å²) in [5.74, 6) is 1.48. The van der Waals surface area contributed by atoms with Gasteiger partial charge in [0.2, 0.25) is 11.8 Å². The van der Waals surface area contributed by atoms with E-state index >= 15 is 0 Å². The second-order valence-electron chi connectivity index (χ2n) is 6.59. The summed E-state index contributed by atoms with van der Waals surface area (Å²) in [6.07, 6.45) is 0.421. The Hall–Kier alpha value is -2.27. The van der Waals surface area contributed by atoms with Gasteiger partial charge in [-0.3, -0.25) is 9.59 Å². The maximum Gasteiger partial charge on any atom is 0.242 e. The van der Waals surface area contributed by atoms with E-state index in [1.165, 1.54) is 11.1 Å². The van der Waals surface area contributed by atoms with Gasteiger partial charge in [-0.05, 0) is 25.0 Å². The fourth-order valence-corrected chi connectivity index (χ4v) is 3.64. The molecular formula is C22H28N2O2S. The quantitative estimate of drug-likeness (QED) is 0.670. The molecule has 0 aliphatic rings. The van der Waals surface area contributed by atoms with Gasteiger partial charge in [-0.2, -0.15) is 11.8 Å². The third-order valence-corrected chi connectivity index (χ3v) is 5.49. The summed E-state index contributed by atoms with van der Waals surface area (Å²) in [6.45, 7) is 4.25. The summed E-state index contributed by atoms with van der Waals surface area (Å²) in [6, 6.07) is 17.8. The Balaban J connectivity index is 1.95. The minimum Gasteiger partial charge on any atom is -0.357 e. The molecule has 1 atom stereocenters. The van der Waals surface area contributed by atoms with Gasteiger partial charge in [-0.1, -0.05) is 60.2 Å². The summed E-state index contributed by atoms with van der Waals surface area (Å²) in [7, 11) is 1.60. The monoisotopic (exact) mass is 384 g/mol. The highest BCUT2D eigenvalue weighted by molar-refractivity contribution is 7.98. The summed E-state index contributed by atoms with van der Waals surface area (Å²) in [4.78, 5) is 26.6. The summed E-state index contributed by atoms with van der Waals surface area (Å²) in [5.41, 5.74) is 3.46. The molecule has 2 amide bonds. The van der Waals surface area contributed by atoms with Crippen LogP contribution in [0, 0.1) is 6.92 Å². The molecule has 0 aromatic heterocycles. The Kier molecular flexibility index (Phi) is 8.40. The molecule has 1 N–H and O–H groups in total. The maximum absolute atomic E-state index is 12.8. The number of hydrogen-bond donors (Lipinski definition) is 1. The van der Waals surface area contributed by atoms with Crippen molar-refractivity contribution in [2.75, 3.05) is 12.8 Å². The first-order chi connectivity index (χ1) is 13.0. The Bertz CT molecular complexity index is 732. The number of amides is 2. The van der Waals surface area contributed by atoms with E-state index in [0.717, 1.165) is 17.1 Å². The predicted molar refractivity (Wildman–Crippen MR) is 112 cm³/mol. The van der Waals surface area contributed by atoms with E-state index in [1.807, 2.05) is 49.4 Å². The third-order valence-electron chi connectivity index (χ3n) is 4.46. The molecule has 2 aromatic carbocycles. The zero-order valence-electron chi connectivity index (χ0n) is 16.3. The standard InChI is InChI=1S/C22H28N2O2S/c1-17-9-11-19(12-10-17)15-24(18(2)22(26)23-3)21(25)13-14-27-16-20-7-5-4-6-8-20/h4-12,18H,13-16H2,1-3H3,(H,23,26). The number of rotatable bonds is 9. The molecule has 4 nitrogen and oxygen atoms in total. The van der Waals surface area contributed by atoms with Crippen molar-refractivity contribution in [1.29, 1.82) is 0 Å². The van der Waals surface area contributed by atoms with E-state index in [4.69, 9.17) is 0 Å². The number of aryl methyl sites for hydroxylation is 1. The number of hydrogen-bond acceptors (Lipinski definition) is 3. The molecule has 0 saturated carbocycles. The van der Waals surface area contributed by atoms with Crippen LogP contribution in [-0.4, -0.2) is 35.6 Å². The SMILES string of the molecule is CNC(=O)C(C)N(Cc1ccc(C)cc1)C(=O)CCSCc1ccccc1. The van der Waals surface area contributed by atoms with E-state index < -0.39 is 6.04 Å². The van der Waals surface area contributed by atoms with Crippen LogP contribution in [0.4, 0.5) is 0 Å². The average molecular weight is 385 g/mol. The number of nitrogens with one attached hydrogen (secondary N) is 1. The molecule has 0 aliphatic heterocycles. The molecular weight excluding hydrogens is 356 g/mol. The minimum atomic E-state index is -0.497. The van der Waals surface area contributed by atoms with Crippen LogP contribution in [0.15, 0.2) is 54.6 Å². The van der Waals surface area contributed by atoms with Crippen molar-refractivity contribution >= 4 is 23.6 Å². The fourth-order valence-electron chi connectivity index (χ4n) is 2.75. The molecule has 27 heavy (non-hydrogen) atoms. The second-order valence-corrected chi connectivity index (χ2v) is 7.69. The van der Waals surface area contributed by atoms with Crippen molar-refractivity contribution < 1.29 is 9.59 Å². The smallest absolute Gasteiger partial charge is 0.242 e. The molecule has 0 fully saturated rings. The van der Waals surface area contributed by atoms with Crippen LogP contribution in [0.25, 0.3) is 0 Å². The lowest BCUT2D eigenvalue weighted by Crippen LogP contribution is -2.46. The van der Waals surface area contributed by atoms with Gasteiger partial charge in [0, 0.05) is 31.5 Å². The molecule has 5 heteroatoms. The van der Waals surface area contributed by atoms with Crippen molar-refractivity contribution in [3.63, 3.8) is 0 Å². The number of carbonyl (C=O) groups is 2. The Labute approximate surface area is 166 Å². The topological polar surface area (TPSA) is 49.4 Å². The lowest BCUT2D eigenvalue weighted by molar-refractivity contribution is -0.140. The van der Waals surface area contributed by atoms with Crippen molar-refractivity contribution in [2.24, 2.45) is 0 Å². The number of likely N-dealkylation sites (N-methyl/N-ethyl adjacent to an activating group) is 1. The van der Waals surface area contributed by atoms with Crippen LogP contribution < -0.4 is 5.32 Å². The average Bonchev–Trinajstić information content (AvgIpc) is 2.70. The molecule has 0 radical (unpaired) electrons. The van der Waals surface area contributed by atoms with Crippen molar-refractivity contribution in [3.05, 3.63) is 71.3 Å². The Morgan fingerprint density at radius 1 is 1.04 bits per heavy atom. The molecule has 0 aliphatic carbocycles. The lowest BCUT2D eigenvalue weighted by Gasteiger charge is -2.28. The predicted octanol–water partition coefficient (Wildman–Crippen LogP) is 3.78. The van der Waals surface area contributed by atoms with Crippen molar-refractivity contribution in [1.82, 2.24) is 10.2 Å². The van der Waals surface area contributed by atoms with Crippen LogP contribution in [0.1, 0.15) is 30.0 Å². The molecule has 0 bridgehead atoms. The van der Waals surface area contributed by atoms with Crippen molar-refractivity contribution in [2.45, 2.75) is 38.6 Å². The second kappa shape index (κ2) is 10.8. The zero-order chi connectivity index (χ0) is 19.6. The van der Waals surface area contributed by atoms with Gasteiger partial charge in [-0.25, -0.2) is 0 Å². The van der Waals surface area contributed by atoms with E-state index in [1.54, 1.807) is 30.6 Å². The first-order valence-corrected chi connectivity index (χ1v) is 10.3. The highest BCUT2D eigenvalue weighted by Gasteiger charge is 2.25. The van der Waals surface area contributed by atoms with E-state index in [9.17, 15) is 9.59 Å². The van der Waals surface area contributed by atoms with Gasteiger partial charge >= 0.3 is 0 Å².